The van der Waals surface area contributed by atoms with Gasteiger partial charge >= 0.3 is 4.87 Å². The first-order valence-electron chi connectivity index (χ1n) is 9.59. The number of aromatic nitrogens is 1. The van der Waals surface area contributed by atoms with Gasteiger partial charge in [0.05, 0.1) is 17.4 Å². The highest BCUT2D eigenvalue weighted by atomic mass is 35.5. The highest BCUT2D eigenvalue weighted by Gasteiger charge is 2.15. The van der Waals surface area contributed by atoms with Crippen LogP contribution < -0.4 is 15.5 Å². The van der Waals surface area contributed by atoms with E-state index in [1.165, 1.54) is 17.2 Å². The Labute approximate surface area is 197 Å². The lowest BCUT2D eigenvalue weighted by atomic mass is 10.1. The number of halogens is 2. The van der Waals surface area contributed by atoms with E-state index < -0.39 is 6.10 Å². The quantitative estimate of drug-likeness (QED) is 0.265. The van der Waals surface area contributed by atoms with Crippen molar-refractivity contribution in [1.82, 2.24) is 15.6 Å². The van der Waals surface area contributed by atoms with Crippen LogP contribution in [0.1, 0.15) is 22.8 Å². The molecule has 0 fully saturated rings. The molecule has 1 aromatic heterocycles. The molecule has 0 saturated heterocycles. The fourth-order valence-electron chi connectivity index (χ4n) is 3.19. The molecule has 10 heteroatoms. The van der Waals surface area contributed by atoms with Crippen LogP contribution in [0, 0.1) is 0 Å². The van der Waals surface area contributed by atoms with Gasteiger partial charge in [0.2, 0.25) is 0 Å². The smallest absolute Gasteiger partial charge is 0.305 e. The van der Waals surface area contributed by atoms with Gasteiger partial charge in [-0.15, -0.1) is 24.8 Å². The molecule has 0 aliphatic carbocycles. The molecule has 172 valence electrons. The number of rotatable bonds is 11. The summed E-state index contributed by atoms with van der Waals surface area (Å²) in [6.07, 6.45) is 0.0852. The first-order chi connectivity index (χ1) is 14.1. The molecular weight excluding hydrogens is 461 g/mol. The topological polar surface area (TPSA) is 107 Å². The number of hydrogen-bond donors (Lipinski definition) is 5. The zero-order chi connectivity index (χ0) is 20.6. The third kappa shape index (κ3) is 7.76. The molecule has 2 aromatic carbocycles. The number of benzene rings is 2. The number of phenols is 1. The Bertz CT molecular complexity index is 996. The van der Waals surface area contributed by atoms with E-state index >= 15 is 0 Å². The largest absolute Gasteiger partial charge is 0.506 e. The number of aromatic amines is 1. The fourth-order valence-corrected chi connectivity index (χ4v) is 4.10. The van der Waals surface area contributed by atoms with E-state index in [2.05, 4.69) is 39.9 Å². The average molecular weight is 490 g/mol. The highest BCUT2D eigenvalue weighted by Crippen LogP contribution is 2.31. The van der Waals surface area contributed by atoms with Crippen molar-refractivity contribution in [2.75, 3.05) is 33.4 Å². The molecular formula is C21H29Cl2N3O4S. The van der Waals surface area contributed by atoms with Crippen LogP contribution in [0.4, 0.5) is 0 Å². The van der Waals surface area contributed by atoms with Crippen molar-refractivity contribution in [1.29, 1.82) is 0 Å². The van der Waals surface area contributed by atoms with E-state index in [1.807, 2.05) is 0 Å². The maximum absolute atomic E-state index is 11.6. The Kier molecular flexibility index (Phi) is 12.1. The van der Waals surface area contributed by atoms with Crippen LogP contribution in [-0.2, 0) is 17.7 Å². The van der Waals surface area contributed by atoms with Crippen LogP contribution >= 0.6 is 36.2 Å². The Morgan fingerprint density at radius 2 is 1.90 bits per heavy atom. The summed E-state index contributed by atoms with van der Waals surface area (Å²) in [4.78, 5) is 14.0. The predicted molar refractivity (Wildman–Crippen MR) is 130 cm³/mol. The summed E-state index contributed by atoms with van der Waals surface area (Å²) in [5, 5.41) is 27.0. The van der Waals surface area contributed by atoms with Gasteiger partial charge in [-0.05, 0) is 30.2 Å². The molecule has 0 spiro atoms. The van der Waals surface area contributed by atoms with Gasteiger partial charge in [0, 0.05) is 32.3 Å². The van der Waals surface area contributed by atoms with Gasteiger partial charge in [-0.1, -0.05) is 41.7 Å². The number of aromatic hydroxyl groups is 1. The lowest BCUT2D eigenvalue weighted by Gasteiger charge is -2.13. The zero-order valence-corrected chi connectivity index (χ0v) is 19.7. The Hall–Kier alpha value is -1.65. The second-order valence-electron chi connectivity index (χ2n) is 6.85. The van der Waals surface area contributed by atoms with Crippen LogP contribution in [0.3, 0.4) is 0 Å². The second-order valence-corrected chi connectivity index (χ2v) is 7.84. The number of nitrogens with one attached hydrogen (secondary N) is 3. The highest BCUT2D eigenvalue weighted by molar-refractivity contribution is 7.16. The first-order valence-corrected chi connectivity index (χ1v) is 10.4. The van der Waals surface area contributed by atoms with Crippen molar-refractivity contribution >= 4 is 46.4 Å². The summed E-state index contributed by atoms with van der Waals surface area (Å²) in [5.41, 5.74) is 3.48. The number of ether oxygens (including phenoxy) is 1. The van der Waals surface area contributed by atoms with Crippen molar-refractivity contribution in [3.05, 3.63) is 62.8 Å². The third-order valence-electron chi connectivity index (χ3n) is 4.68. The van der Waals surface area contributed by atoms with E-state index in [9.17, 15) is 15.0 Å². The Morgan fingerprint density at radius 1 is 1.13 bits per heavy atom. The monoisotopic (exact) mass is 489 g/mol. The molecule has 0 bridgehead atoms. The fraction of sp³-hybridized carbons (Fsp3) is 0.381. The van der Waals surface area contributed by atoms with Crippen molar-refractivity contribution in [2.24, 2.45) is 0 Å². The second kappa shape index (κ2) is 13.7. The molecule has 5 N–H and O–H groups in total. The Morgan fingerprint density at radius 3 is 2.68 bits per heavy atom. The van der Waals surface area contributed by atoms with E-state index in [-0.39, 0.29) is 35.4 Å². The van der Waals surface area contributed by atoms with E-state index in [4.69, 9.17) is 4.74 Å². The first kappa shape index (κ1) is 27.4. The normalized spacial score (nSPS) is 11.7. The third-order valence-corrected chi connectivity index (χ3v) is 5.61. The molecule has 0 aliphatic rings. The van der Waals surface area contributed by atoms with Crippen LogP contribution in [0.2, 0.25) is 0 Å². The molecule has 0 saturated carbocycles. The minimum atomic E-state index is -0.763. The number of thiazole rings is 1. The molecule has 1 atom stereocenters. The summed E-state index contributed by atoms with van der Waals surface area (Å²) in [6, 6.07) is 11.6. The molecule has 0 unspecified atom stereocenters. The molecule has 1 heterocycles. The summed E-state index contributed by atoms with van der Waals surface area (Å²) in [7, 11) is 1.69. The average Bonchev–Trinajstić information content (AvgIpc) is 3.11. The zero-order valence-electron chi connectivity index (χ0n) is 17.2. The minimum Gasteiger partial charge on any atom is -0.506 e. The molecule has 0 aliphatic heterocycles. The van der Waals surface area contributed by atoms with Gasteiger partial charge in [0.15, 0.2) is 0 Å². The lowest BCUT2D eigenvalue weighted by Crippen LogP contribution is -2.24. The van der Waals surface area contributed by atoms with Crippen molar-refractivity contribution < 1.29 is 14.9 Å². The summed E-state index contributed by atoms with van der Waals surface area (Å²) in [5.74, 6) is 0.0128. The van der Waals surface area contributed by atoms with E-state index in [1.54, 1.807) is 13.2 Å². The van der Waals surface area contributed by atoms with Gasteiger partial charge in [0.1, 0.15) is 11.3 Å². The van der Waals surface area contributed by atoms with E-state index in [0.29, 0.717) is 28.9 Å². The predicted octanol–water partition coefficient (Wildman–Crippen LogP) is 2.74. The molecule has 31 heavy (non-hydrogen) atoms. The van der Waals surface area contributed by atoms with Crippen LogP contribution in [-0.4, -0.2) is 48.5 Å². The maximum Gasteiger partial charge on any atom is 0.305 e. The molecule has 7 nitrogen and oxygen atoms in total. The van der Waals surface area contributed by atoms with Gasteiger partial charge in [-0.3, -0.25) is 4.79 Å². The number of aliphatic hydroxyl groups is 1. The molecule has 0 radical (unpaired) electrons. The van der Waals surface area contributed by atoms with Crippen molar-refractivity contribution in [3.8, 4) is 5.75 Å². The van der Waals surface area contributed by atoms with Gasteiger partial charge in [-0.25, -0.2) is 0 Å². The lowest BCUT2D eigenvalue weighted by molar-refractivity contribution is 0.176. The van der Waals surface area contributed by atoms with Crippen molar-refractivity contribution in [3.63, 3.8) is 0 Å². The SMILES string of the molecule is COCCNCc1cccc(CCNC[C@H](O)c2ccc(O)c3[nH]c(=O)sc23)c1.Cl.Cl. The summed E-state index contributed by atoms with van der Waals surface area (Å²) >= 11 is 0.996. The number of hydrogen-bond acceptors (Lipinski definition) is 7. The summed E-state index contributed by atoms with van der Waals surface area (Å²) in [6.45, 7) is 3.41. The standard InChI is InChI=1S/C21H27N3O4S.2ClH/c1-28-10-9-23-12-15-4-2-3-14(11-15)7-8-22-13-18(26)16-5-6-17(25)19-20(16)29-21(27)24-19;;/h2-6,11,18,22-23,25-26H,7-10,12-13H2,1H3,(H,24,27);2*1H/t18-;;/m0../s1. The molecule has 3 aromatic rings. The molecule has 3 rings (SSSR count). The number of phenolic OH excluding ortho intramolecular Hbond substituents is 1. The van der Waals surface area contributed by atoms with Gasteiger partial charge in [-0.2, -0.15) is 0 Å². The van der Waals surface area contributed by atoms with Crippen LogP contribution in [0.15, 0.2) is 41.2 Å². The number of aliphatic hydroxyl groups excluding tert-OH is 1. The maximum atomic E-state index is 11.6. The number of H-pyrrole nitrogens is 1. The van der Waals surface area contributed by atoms with E-state index in [0.717, 1.165) is 37.4 Å². The number of fused-ring (bicyclic) bond motifs is 1. The van der Waals surface area contributed by atoms with Gasteiger partial charge in [0.25, 0.3) is 0 Å². The van der Waals surface area contributed by atoms with Crippen LogP contribution in [0.25, 0.3) is 10.2 Å². The molecule has 0 amide bonds. The van der Waals surface area contributed by atoms with Gasteiger partial charge < -0.3 is 30.6 Å². The number of methoxy groups -OCH3 is 1. The van der Waals surface area contributed by atoms with Crippen molar-refractivity contribution in [2.45, 2.75) is 19.1 Å². The van der Waals surface area contributed by atoms with Crippen LogP contribution in [0.5, 0.6) is 5.75 Å². The Balaban J connectivity index is 0.00000240. The summed E-state index contributed by atoms with van der Waals surface area (Å²) < 4.78 is 5.63. The minimum absolute atomic E-state index is 0.